The van der Waals surface area contributed by atoms with Crippen LogP contribution < -0.4 is 0 Å². The first kappa shape index (κ1) is 49.7. The van der Waals surface area contributed by atoms with Gasteiger partial charge in [0.1, 0.15) is 0 Å². The van der Waals surface area contributed by atoms with E-state index in [1.165, 1.54) is 25.7 Å². The normalized spacial score (nSPS) is 12.1. The van der Waals surface area contributed by atoms with Crippen LogP contribution in [0.1, 0.15) is 196 Å². The van der Waals surface area contributed by atoms with Crippen molar-refractivity contribution in [3.8, 4) is 0 Å². The molecule has 0 heterocycles. The fourth-order valence-electron chi connectivity index (χ4n) is 5.24. The van der Waals surface area contributed by atoms with Crippen molar-refractivity contribution in [2.45, 2.75) is 196 Å². The van der Waals surface area contributed by atoms with Crippen LogP contribution in [-0.2, 0) is 38.1 Å². The first-order valence-corrected chi connectivity index (χ1v) is 20.6. The van der Waals surface area contributed by atoms with Crippen molar-refractivity contribution in [2.75, 3.05) is 26.4 Å². The van der Waals surface area contributed by atoms with E-state index in [1.54, 1.807) is 0 Å². The largest absolute Gasteiger partial charge is 0.465 e. The first-order chi connectivity index (χ1) is 24.3. The Morgan fingerprint density at radius 3 is 1.10 bits per heavy atom. The van der Waals surface area contributed by atoms with Crippen LogP contribution in [-0.4, -0.2) is 50.3 Å². The molecule has 0 saturated carbocycles. The van der Waals surface area contributed by atoms with Crippen LogP contribution >= 0.6 is 0 Å². The minimum atomic E-state index is -0.482. The average Bonchev–Trinajstić information content (AvgIpc) is 3.12. The van der Waals surface area contributed by atoms with Gasteiger partial charge in [-0.3, -0.25) is 9.59 Å². The Labute approximate surface area is 307 Å². The van der Waals surface area contributed by atoms with Crippen molar-refractivity contribution >= 4 is 23.9 Å². The highest BCUT2D eigenvalue weighted by Gasteiger charge is 2.11. The number of unbranched alkanes of at least 4 members (excludes halogenated alkanes) is 13. The third-order valence-electron chi connectivity index (χ3n) is 8.90. The summed E-state index contributed by atoms with van der Waals surface area (Å²) < 4.78 is 20.8. The van der Waals surface area contributed by atoms with E-state index in [2.05, 4.69) is 41.5 Å². The summed E-state index contributed by atoms with van der Waals surface area (Å²) >= 11 is 0. The minimum absolute atomic E-state index is 0.0444. The van der Waals surface area contributed by atoms with Crippen molar-refractivity contribution in [1.29, 1.82) is 0 Å². The number of carbonyl (C=O) groups excluding carboxylic acids is 4. The van der Waals surface area contributed by atoms with Crippen molar-refractivity contribution in [2.24, 2.45) is 11.8 Å². The summed E-state index contributed by atoms with van der Waals surface area (Å²) in [5, 5.41) is 0. The zero-order valence-corrected chi connectivity index (χ0v) is 33.4. The molecule has 2 unspecified atom stereocenters. The monoisotopic (exact) mass is 711 g/mol. The predicted octanol–water partition coefficient (Wildman–Crippen LogP) is 11.4. The highest BCUT2D eigenvalue weighted by atomic mass is 16.5. The van der Waals surface area contributed by atoms with Crippen LogP contribution in [0.3, 0.4) is 0 Å². The third kappa shape index (κ3) is 36.9. The average molecular weight is 711 g/mol. The molecule has 50 heavy (non-hydrogen) atoms. The van der Waals surface area contributed by atoms with Gasteiger partial charge in [-0.25, -0.2) is 9.59 Å². The van der Waals surface area contributed by atoms with Crippen LogP contribution in [0.5, 0.6) is 0 Å². The van der Waals surface area contributed by atoms with E-state index in [9.17, 15) is 19.2 Å². The third-order valence-corrected chi connectivity index (χ3v) is 8.90. The molecular weight excluding hydrogens is 632 g/mol. The number of rotatable bonds is 33. The first-order valence-electron chi connectivity index (χ1n) is 20.6. The van der Waals surface area contributed by atoms with Gasteiger partial charge in [-0.2, -0.15) is 0 Å². The molecule has 0 aromatic rings. The molecular formula is C42H78O8. The maximum absolute atomic E-state index is 11.9. The van der Waals surface area contributed by atoms with Gasteiger partial charge in [0, 0.05) is 25.0 Å². The quantitative estimate of drug-likeness (QED) is 0.0287. The maximum Gasteiger partial charge on any atom is 0.331 e. The molecule has 0 spiro atoms. The van der Waals surface area contributed by atoms with Gasteiger partial charge in [0.2, 0.25) is 0 Å². The van der Waals surface area contributed by atoms with Crippen LogP contribution in [0, 0.1) is 11.8 Å². The maximum atomic E-state index is 11.9. The molecule has 0 amide bonds. The minimum Gasteiger partial charge on any atom is -0.465 e. The Morgan fingerprint density at radius 2 is 0.760 bits per heavy atom. The topological polar surface area (TPSA) is 105 Å². The molecule has 2 atom stereocenters. The van der Waals surface area contributed by atoms with E-state index in [1.807, 2.05) is 0 Å². The molecule has 0 saturated heterocycles. The lowest BCUT2D eigenvalue weighted by molar-refractivity contribution is -0.146. The molecule has 0 aromatic carbocycles. The number of carbonyl (C=O) groups is 4. The van der Waals surface area contributed by atoms with E-state index in [4.69, 9.17) is 18.9 Å². The molecule has 8 heteroatoms. The van der Waals surface area contributed by atoms with Gasteiger partial charge in [0.25, 0.3) is 0 Å². The fourth-order valence-corrected chi connectivity index (χ4v) is 5.24. The van der Waals surface area contributed by atoms with Gasteiger partial charge < -0.3 is 18.9 Å². The molecule has 0 aliphatic rings. The molecule has 0 N–H and O–H groups in total. The van der Waals surface area contributed by atoms with Gasteiger partial charge in [-0.05, 0) is 50.4 Å². The Balaban J connectivity index is 0. The van der Waals surface area contributed by atoms with Gasteiger partial charge in [0.05, 0.1) is 26.4 Å². The molecule has 8 nitrogen and oxygen atoms in total. The standard InChI is InChI=1S/C26H50O4.C16H28O4/c1-5-9-17-23(7-3)21-29-25(27)19-15-13-11-12-14-16-20-26(28)30-22-24(8-4)18-10-6-2;1-3-5-7-9-13-19-15(17)11-12-16(18)20-14-10-8-6-4-2/h23-24H,5-22H2,1-4H3;11-12H,3-10,13-14H2,1-2H3/b;12-11+. The van der Waals surface area contributed by atoms with Gasteiger partial charge in [-0.15, -0.1) is 0 Å². The molecule has 0 aliphatic heterocycles. The molecule has 0 rings (SSSR count). The second kappa shape index (κ2) is 39.4. The Kier molecular flexibility index (Phi) is 39.2. The highest BCUT2D eigenvalue weighted by Crippen LogP contribution is 2.16. The van der Waals surface area contributed by atoms with Gasteiger partial charge in [0.15, 0.2) is 0 Å². The van der Waals surface area contributed by atoms with E-state index >= 15 is 0 Å². The summed E-state index contributed by atoms with van der Waals surface area (Å²) in [6, 6.07) is 0. The van der Waals surface area contributed by atoms with Crippen LogP contribution in [0.2, 0.25) is 0 Å². The summed E-state index contributed by atoms with van der Waals surface area (Å²) in [6.07, 6.45) is 27.3. The second-order valence-corrected chi connectivity index (χ2v) is 13.6. The van der Waals surface area contributed by atoms with Gasteiger partial charge in [-0.1, -0.05) is 144 Å². The number of ether oxygens (including phenoxy) is 4. The van der Waals surface area contributed by atoms with Crippen molar-refractivity contribution in [3.63, 3.8) is 0 Å². The van der Waals surface area contributed by atoms with Crippen LogP contribution in [0.25, 0.3) is 0 Å². The SMILES string of the molecule is CCCCC(CC)COC(=O)CCCCCCCCC(=O)OCC(CC)CCCC.CCCCCCOC(=O)/C=C/C(=O)OCCCCCC. The van der Waals surface area contributed by atoms with E-state index < -0.39 is 11.9 Å². The van der Waals surface area contributed by atoms with Crippen molar-refractivity contribution in [3.05, 3.63) is 12.2 Å². The molecule has 294 valence electrons. The van der Waals surface area contributed by atoms with Gasteiger partial charge >= 0.3 is 23.9 Å². The summed E-state index contributed by atoms with van der Waals surface area (Å²) in [6.45, 7) is 15.0. The predicted molar refractivity (Wildman–Crippen MR) is 205 cm³/mol. The zero-order valence-electron chi connectivity index (χ0n) is 33.4. The van der Waals surface area contributed by atoms with E-state index in [0.29, 0.717) is 51.1 Å². The lowest BCUT2D eigenvalue weighted by Crippen LogP contribution is -2.13. The summed E-state index contributed by atoms with van der Waals surface area (Å²) in [7, 11) is 0. The molecule has 0 radical (unpaired) electrons. The molecule has 0 fully saturated rings. The molecule has 0 aliphatic carbocycles. The van der Waals surface area contributed by atoms with E-state index in [-0.39, 0.29) is 11.9 Å². The van der Waals surface area contributed by atoms with Crippen LogP contribution in [0.4, 0.5) is 0 Å². The lowest BCUT2D eigenvalue weighted by atomic mass is 10.0. The number of hydrogen-bond donors (Lipinski definition) is 0. The molecule has 0 aromatic heterocycles. The second-order valence-electron chi connectivity index (χ2n) is 13.6. The lowest BCUT2D eigenvalue weighted by Gasteiger charge is -2.14. The summed E-state index contributed by atoms with van der Waals surface area (Å²) in [5.41, 5.74) is 0. The van der Waals surface area contributed by atoms with Crippen LogP contribution in [0.15, 0.2) is 12.2 Å². The number of esters is 4. The summed E-state index contributed by atoms with van der Waals surface area (Å²) in [5.74, 6) is -0.0162. The Hall–Kier alpha value is -2.38. The fraction of sp³-hybridized carbons (Fsp3) is 0.857. The number of hydrogen-bond acceptors (Lipinski definition) is 8. The highest BCUT2D eigenvalue weighted by molar-refractivity contribution is 5.91. The molecule has 0 bridgehead atoms. The summed E-state index contributed by atoms with van der Waals surface area (Å²) in [4.78, 5) is 46.3. The Bertz CT molecular complexity index is 759. The van der Waals surface area contributed by atoms with E-state index in [0.717, 1.165) is 128 Å². The van der Waals surface area contributed by atoms with Crippen molar-refractivity contribution < 1.29 is 38.1 Å². The zero-order chi connectivity index (χ0) is 37.5. The van der Waals surface area contributed by atoms with Crippen molar-refractivity contribution in [1.82, 2.24) is 0 Å². The smallest absolute Gasteiger partial charge is 0.331 e. The Morgan fingerprint density at radius 1 is 0.420 bits per heavy atom.